The van der Waals surface area contributed by atoms with Gasteiger partial charge in [-0.1, -0.05) is 29.8 Å². The summed E-state index contributed by atoms with van der Waals surface area (Å²) in [6, 6.07) is 11.1. The Hall–Kier alpha value is -4.48. The smallest absolute Gasteiger partial charge is 0.242 e. The van der Waals surface area contributed by atoms with Crippen LogP contribution in [0.4, 0.5) is 0 Å². The van der Waals surface area contributed by atoms with Crippen molar-refractivity contribution >= 4 is 41.1 Å². The molecule has 0 spiro atoms. The molecule has 2 heterocycles. The largest absolute Gasteiger partial charge is 0.454 e. The molecule has 4 rings (SSSR count). The lowest BCUT2D eigenvalue weighted by Gasteiger charge is -2.32. The third kappa shape index (κ3) is 12.9. The SMILES string of the molecule is COCCN1CC(=O)N(CCCCN)CC(=O)N(Cc2ccc3c(c2)OCO3)CC(=O)N(CCc2ccc(Cl)cc2)CC(=O)NC(C(N)=O)CCC1O. The minimum absolute atomic E-state index is 0.0221. The average Bonchev–Trinajstić information content (AvgIpc) is 3.60. The Morgan fingerprint density at radius 1 is 0.868 bits per heavy atom. The summed E-state index contributed by atoms with van der Waals surface area (Å²) in [5.41, 5.74) is 12.9. The molecular formula is C36H50ClN7O9. The Labute approximate surface area is 314 Å². The molecular weight excluding hydrogens is 710 g/mol. The van der Waals surface area contributed by atoms with Gasteiger partial charge in [-0.15, -0.1) is 0 Å². The summed E-state index contributed by atoms with van der Waals surface area (Å²) < 4.78 is 16.2. The molecule has 1 saturated heterocycles. The molecule has 2 aromatic carbocycles. The van der Waals surface area contributed by atoms with E-state index < -0.39 is 54.9 Å². The number of methoxy groups -OCH3 is 1. The zero-order chi connectivity index (χ0) is 38.3. The van der Waals surface area contributed by atoms with Gasteiger partial charge >= 0.3 is 0 Å². The van der Waals surface area contributed by atoms with Crippen molar-refractivity contribution in [3.05, 3.63) is 58.6 Å². The number of primary amides is 1. The number of aliphatic hydroxyl groups excluding tert-OH is 1. The van der Waals surface area contributed by atoms with E-state index in [-0.39, 0.29) is 65.5 Å². The molecule has 53 heavy (non-hydrogen) atoms. The van der Waals surface area contributed by atoms with Gasteiger partial charge in [-0.05, 0) is 74.0 Å². The Bertz CT molecular complexity index is 1560. The summed E-state index contributed by atoms with van der Waals surface area (Å²) in [6.07, 6.45) is 0.193. The van der Waals surface area contributed by atoms with Gasteiger partial charge in [0, 0.05) is 38.3 Å². The number of aliphatic hydroxyl groups is 1. The molecule has 0 saturated carbocycles. The van der Waals surface area contributed by atoms with Gasteiger partial charge in [0.15, 0.2) is 11.5 Å². The number of halogens is 1. The molecule has 0 aromatic heterocycles. The summed E-state index contributed by atoms with van der Waals surface area (Å²) in [6.45, 7) is -0.424. The van der Waals surface area contributed by atoms with Crippen LogP contribution in [0.5, 0.6) is 11.5 Å². The first kappa shape index (κ1) is 41.3. The maximum Gasteiger partial charge on any atom is 0.242 e. The van der Waals surface area contributed by atoms with E-state index in [1.807, 2.05) is 12.1 Å². The molecule has 1 fully saturated rings. The van der Waals surface area contributed by atoms with Crippen LogP contribution in [0.25, 0.3) is 0 Å². The Morgan fingerprint density at radius 3 is 2.25 bits per heavy atom. The van der Waals surface area contributed by atoms with Crippen LogP contribution in [0, 0.1) is 0 Å². The number of nitrogens with zero attached hydrogens (tertiary/aromatic N) is 4. The van der Waals surface area contributed by atoms with Crippen molar-refractivity contribution in [1.82, 2.24) is 24.9 Å². The third-order valence-electron chi connectivity index (χ3n) is 9.06. The van der Waals surface area contributed by atoms with E-state index in [4.69, 9.17) is 37.3 Å². The van der Waals surface area contributed by atoms with Gasteiger partial charge in [-0.25, -0.2) is 0 Å². The number of benzene rings is 2. The number of ether oxygens (including phenoxy) is 3. The molecule has 0 aliphatic carbocycles. The van der Waals surface area contributed by atoms with Crippen molar-refractivity contribution in [2.75, 3.05) is 72.9 Å². The lowest BCUT2D eigenvalue weighted by Crippen LogP contribution is -2.51. The number of fused-ring (bicyclic) bond motifs is 1. The fourth-order valence-corrected chi connectivity index (χ4v) is 6.10. The number of nitrogens with one attached hydrogen (secondary N) is 1. The van der Waals surface area contributed by atoms with Gasteiger partial charge in [0.05, 0.1) is 26.2 Å². The first-order valence-electron chi connectivity index (χ1n) is 17.6. The Balaban J connectivity index is 1.70. The highest BCUT2D eigenvalue weighted by Gasteiger charge is 2.30. The highest BCUT2D eigenvalue weighted by atomic mass is 35.5. The lowest BCUT2D eigenvalue weighted by molar-refractivity contribution is -0.146. The van der Waals surface area contributed by atoms with Gasteiger partial charge < -0.3 is 50.8 Å². The first-order chi connectivity index (χ1) is 25.5. The van der Waals surface area contributed by atoms with Crippen LogP contribution in [0.2, 0.25) is 5.02 Å². The van der Waals surface area contributed by atoms with Crippen molar-refractivity contribution < 1.29 is 43.3 Å². The quantitative estimate of drug-likeness (QED) is 0.201. The van der Waals surface area contributed by atoms with Gasteiger partial charge in [-0.2, -0.15) is 0 Å². The van der Waals surface area contributed by atoms with Crippen LogP contribution in [-0.2, 0) is 41.7 Å². The monoisotopic (exact) mass is 759 g/mol. The van der Waals surface area contributed by atoms with E-state index in [0.717, 1.165) is 5.56 Å². The number of amides is 5. The highest BCUT2D eigenvalue weighted by molar-refractivity contribution is 6.30. The normalized spacial score (nSPS) is 19.7. The second kappa shape index (κ2) is 20.7. The second-order valence-electron chi connectivity index (χ2n) is 13.0. The maximum atomic E-state index is 14.2. The van der Waals surface area contributed by atoms with Crippen molar-refractivity contribution in [2.45, 2.75) is 50.9 Å². The molecule has 6 N–H and O–H groups in total. The Morgan fingerprint density at radius 2 is 1.53 bits per heavy atom. The van der Waals surface area contributed by atoms with E-state index in [9.17, 15) is 29.1 Å². The topological polar surface area (TPSA) is 210 Å². The number of carbonyl (C=O) groups is 5. The summed E-state index contributed by atoms with van der Waals surface area (Å²) in [5, 5.41) is 14.3. The number of rotatable bonds is 13. The highest BCUT2D eigenvalue weighted by Crippen LogP contribution is 2.33. The zero-order valence-electron chi connectivity index (χ0n) is 30.0. The number of nitrogens with two attached hydrogens (primary N) is 2. The van der Waals surface area contributed by atoms with Crippen LogP contribution in [0.15, 0.2) is 42.5 Å². The molecule has 5 amide bonds. The van der Waals surface area contributed by atoms with Crippen LogP contribution < -0.4 is 26.3 Å². The molecule has 2 aliphatic heterocycles. The summed E-state index contributed by atoms with van der Waals surface area (Å²) in [7, 11) is 1.49. The number of hydrogen-bond donors (Lipinski definition) is 4. The number of carbonyl (C=O) groups excluding carboxylic acids is 5. The van der Waals surface area contributed by atoms with Crippen LogP contribution in [0.1, 0.15) is 36.8 Å². The number of hydrogen-bond acceptors (Lipinski definition) is 11. The minimum Gasteiger partial charge on any atom is -0.454 e. The maximum absolute atomic E-state index is 14.2. The zero-order valence-corrected chi connectivity index (χ0v) is 30.8. The second-order valence-corrected chi connectivity index (χ2v) is 13.4. The molecule has 16 nitrogen and oxygen atoms in total. The molecule has 2 aromatic rings. The molecule has 2 atom stereocenters. The average molecular weight is 760 g/mol. The van der Waals surface area contributed by atoms with E-state index in [0.29, 0.717) is 47.9 Å². The standard InChI is InChI=1S/C36H50ClN7O9/c1-51-17-16-43-21-33(47)41(14-3-2-13-38)22-35(49)44(19-26-6-10-29-30(18-26)53-24-52-29)23-34(48)42(15-12-25-4-7-27(37)8-5-25)20-31(45)40-28(36(39)50)9-11-32(43)46/h4-8,10,18,28,32,46H,2-3,9,11-17,19-24,38H2,1H3,(H2,39,50)(H,40,45). The lowest BCUT2D eigenvalue weighted by atomic mass is 10.1. The van der Waals surface area contributed by atoms with Gasteiger partial charge in [0.1, 0.15) is 18.8 Å². The van der Waals surface area contributed by atoms with Gasteiger partial charge in [0.25, 0.3) is 0 Å². The summed E-state index contributed by atoms with van der Waals surface area (Å²) >= 11 is 6.06. The molecule has 2 unspecified atom stereocenters. The predicted octanol–water partition coefficient (Wildman–Crippen LogP) is 0.0668. The van der Waals surface area contributed by atoms with Crippen LogP contribution >= 0.6 is 11.6 Å². The van der Waals surface area contributed by atoms with E-state index >= 15 is 0 Å². The van der Waals surface area contributed by atoms with E-state index in [2.05, 4.69) is 5.32 Å². The van der Waals surface area contributed by atoms with Crippen molar-refractivity contribution in [1.29, 1.82) is 0 Å². The third-order valence-corrected chi connectivity index (χ3v) is 9.31. The predicted molar refractivity (Wildman–Crippen MR) is 194 cm³/mol. The fraction of sp³-hybridized carbons (Fsp3) is 0.528. The van der Waals surface area contributed by atoms with Crippen molar-refractivity contribution in [3.63, 3.8) is 0 Å². The van der Waals surface area contributed by atoms with Crippen molar-refractivity contribution in [2.24, 2.45) is 11.5 Å². The van der Waals surface area contributed by atoms with Crippen molar-refractivity contribution in [3.8, 4) is 11.5 Å². The Kier molecular flexibility index (Phi) is 16.1. The first-order valence-corrected chi connectivity index (χ1v) is 18.0. The molecule has 2 aliphatic rings. The molecule has 0 radical (unpaired) electrons. The molecule has 290 valence electrons. The number of unbranched alkanes of at least 4 members (excludes halogenated alkanes) is 1. The van der Waals surface area contributed by atoms with Gasteiger partial charge in [-0.3, -0.25) is 28.9 Å². The fourth-order valence-electron chi connectivity index (χ4n) is 5.98. The molecule has 0 bridgehead atoms. The summed E-state index contributed by atoms with van der Waals surface area (Å²) in [5.74, 6) is -1.92. The summed E-state index contributed by atoms with van der Waals surface area (Å²) in [4.78, 5) is 73.6. The van der Waals surface area contributed by atoms with Crippen LogP contribution in [0.3, 0.4) is 0 Å². The van der Waals surface area contributed by atoms with Crippen LogP contribution in [-0.4, -0.2) is 139 Å². The molecule has 17 heteroatoms. The van der Waals surface area contributed by atoms with E-state index in [1.54, 1.807) is 30.3 Å². The van der Waals surface area contributed by atoms with Gasteiger partial charge in [0.2, 0.25) is 36.3 Å². The van der Waals surface area contributed by atoms with E-state index in [1.165, 1.54) is 26.7 Å². The minimum atomic E-state index is -1.22.